The van der Waals surface area contributed by atoms with Crippen molar-refractivity contribution in [3.63, 3.8) is 0 Å². The number of amides is 1. The average Bonchev–Trinajstić information content (AvgIpc) is 2.61. The Morgan fingerprint density at radius 2 is 1.70 bits per heavy atom. The summed E-state index contributed by atoms with van der Waals surface area (Å²) in [5, 5.41) is 3.41. The van der Waals surface area contributed by atoms with E-state index < -0.39 is 6.04 Å². The highest BCUT2D eigenvalue weighted by Crippen LogP contribution is 2.26. The standard InChI is InChI=1S/C22H26ClNO3/c1-5-27-20(25)14-19(17-8-6-7-9-18(17)23)24-21(26)15-10-12-16(13-11-15)22(2,3)4/h6-13,19H,5,14H2,1-4H3,(H,24,26). The zero-order chi connectivity index (χ0) is 20.0. The molecule has 1 atom stereocenters. The van der Waals surface area contributed by atoms with Crippen molar-refractivity contribution >= 4 is 23.5 Å². The molecule has 2 aromatic carbocycles. The molecule has 1 amide bonds. The SMILES string of the molecule is CCOC(=O)CC(NC(=O)c1ccc(C(C)(C)C)cc1)c1ccccc1Cl. The summed E-state index contributed by atoms with van der Waals surface area (Å²) >= 11 is 6.28. The summed E-state index contributed by atoms with van der Waals surface area (Å²) in [6.45, 7) is 8.40. The molecule has 0 aliphatic rings. The van der Waals surface area contributed by atoms with Crippen LogP contribution in [-0.2, 0) is 14.9 Å². The van der Waals surface area contributed by atoms with E-state index in [9.17, 15) is 9.59 Å². The molecular formula is C22H26ClNO3. The van der Waals surface area contributed by atoms with Crippen LogP contribution in [0.3, 0.4) is 0 Å². The monoisotopic (exact) mass is 387 g/mol. The molecule has 1 N–H and O–H groups in total. The van der Waals surface area contributed by atoms with Gasteiger partial charge in [0.15, 0.2) is 0 Å². The molecule has 0 heterocycles. The number of halogens is 1. The van der Waals surface area contributed by atoms with Crippen molar-refractivity contribution in [2.45, 2.75) is 45.6 Å². The molecule has 1 unspecified atom stereocenters. The van der Waals surface area contributed by atoms with Gasteiger partial charge in [0.25, 0.3) is 5.91 Å². The van der Waals surface area contributed by atoms with Gasteiger partial charge in [0, 0.05) is 10.6 Å². The number of hydrogen-bond donors (Lipinski definition) is 1. The van der Waals surface area contributed by atoms with Crippen molar-refractivity contribution in [2.75, 3.05) is 6.61 Å². The number of hydrogen-bond acceptors (Lipinski definition) is 3. The normalized spacial score (nSPS) is 12.3. The van der Waals surface area contributed by atoms with Crippen molar-refractivity contribution in [1.82, 2.24) is 5.32 Å². The summed E-state index contributed by atoms with van der Waals surface area (Å²) in [6.07, 6.45) is 0.0173. The first kappa shape index (κ1) is 21.0. The predicted octanol–water partition coefficient (Wildman–Crippen LogP) is 5.06. The summed E-state index contributed by atoms with van der Waals surface area (Å²) in [5.41, 5.74) is 2.38. The van der Waals surface area contributed by atoms with Crippen LogP contribution in [0.2, 0.25) is 5.02 Å². The first-order valence-electron chi connectivity index (χ1n) is 9.04. The van der Waals surface area contributed by atoms with Gasteiger partial charge in [-0.25, -0.2) is 0 Å². The zero-order valence-electron chi connectivity index (χ0n) is 16.2. The third-order valence-electron chi connectivity index (χ3n) is 4.28. The topological polar surface area (TPSA) is 55.4 Å². The highest BCUT2D eigenvalue weighted by molar-refractivity contribution is 6.31. The maximum Gasteiger partial charge on any atom is 0.308 e. The number of benzene rings is 2. The lowest BCUT2D eigenvalue weighted by Gasteiger charge is -2.21. The highest BCUT2D eigenvalue weighted by atomic mass is 35.5. The minimum absolute atomic E-state index is 0.0129. The van der Waals surface area contributed by atoms with E-state index in [-0.39, 0.29) is 30.3 Å². The van der Waals surface area contributed by atoms with E-state index >= 15 is 0 Å². The number of nitrogens with one attached hydrogen (secondary N) is 1. The maximum atomic E-state index is 12.7. The number of carbonyl (C=O) groups is 2. The van der Waals surface area contributed by atoms with Gasteiger partial charge in [-0.2, -0.15) is 0 Å². The smallest absolute Gasteiger partial charge is 0.308 e. The molecule has 0 bridgehead atoms. The highest BCUT2D eigenvalue weighted by Gasteiger charge is 2.22. The Balaban J connectivity index is 2.22. The van der Waals surface area contributed by atoms with Gasteiger partial charge < -0.3 is 10.1 Å². The summed E-state index contributed by atoms with van der Waals surface area (Å²) in [4.78, 5) is 24.7. The number of carbonyl (C=O) groups excluding carboxylic acids is 2. The third-order valence-corrected chi connectivity index (χ3v) is 4.62. The van der Waals surface area contributed by atoms with Crippen molar-refractivity contribution < 1.29 is 14.3 Å². The largest absolute Gasteiger partial charge is 0.466 e. The van der Waals surface area contributed by atoms with E-state index in [2.05, 4.69) is 26.1 Å². The Morgan fingerprint density at radius 1 is 1.07 bits per heavy atom. The molecule has 27 heavy (non-hydrogen) atoms. The fraction of sp³-hybridized carbons (Fsp3) is 0.364. The van der Waals surface area contributed by atoms with Gasteiger partial charge in [-0.1, -0.05) is 62.7 Å². The van der Waals surface area contributed by atoms with Crippen LogP contribution in [0.25, 0.3) is 0 Å². The Kier molecular flexibility index (Phi) is 7.03. The Morgan fingerprint density at radius 3 is 2.26 bits per heavy atom. The van der Waals surface area contributed by atoms with E-state index in [1.807, 2.05) is 18.2 Å². The molecule has 0 radical (unpaired) electrons. The molecule has 0 fully saturated rings. The molecule has 0 saturated heterocycles. The fourth-order valence-electron chi connectivity index (χ4n) is 2.75. The van der Waals surface area contributed by atoms with E-state index in [1.54, 1.807) is 37.3 Å². The van der Waals surface area contributed by atoms with Crippen LogP contribution in [-0.4, -0.2) is 18.5 Å². The molecule has 144 valence electrons. The van der Waals surface area contributed by atoms with Crippen molar-refractivity contribution in [3.05, 3.63) is 70.2 Å². The molecule has 0 spiro atoms. The lowest BCUT2D eigenvalue weighted by Crippen LogP contribution is -2.31. The second-order valence-corrected chi connectivity index (χ2v) is 7.79. The lowest BCUT2D eigenvalue weighted by atomic mass is 9.86. The first-order valence-corrected chi connectivity index (χ1v) is 9.41. The quantitative estimate of drug-likeness (QED) is 0.704. The molecule has 2 rings (SSSR count). The summed E-state index contributed by atoms with van der Waals surface area (Å²) in [7, 11) is 0. The van der Waals surface area contributed by atoms with Crippen LogP contribution in [0.5, 0.6) is 0 Å². The van der Waals surface area contributed by atoms with E-state index in [1.165, 1.54) is 0 Å². The van der Waals surface area contributed by atoms with Crippen molar-refractivity contribution in [1.29, 1.82) is 0 Å². The molecule has 0 saturated carbocycles. The van der Waals surface area contributed by atoms with Gasteiger partial charge in [0.1, 0.15) is 0 Å². The summed E-state index contributed by atoms with van der Waals surface area (Å²) < 4.78 is 5.04. The Hall–Kier alpha value is -2.33. The van der Waals surface area contributed by atoms with Crippen LogP contribution in [0.15, 0.2) is 48.5 Å². The third kappa shape index (κ3) is 5.83. The predicted molar refractivity (Wildman–Crippen MR) is 108 cm³/mol. The minimum atomic E-state index is -0.562. The van der Waals surface area contributed by atoms with Gasteiger partial charge in [0.2, 0.25) is 0 Å². The first-order chi connectivity index (χ1) is 12.7. The Bertz CT molecular complexity index is 794. The van der Waals surface area contributed by atoms with E-state index in [4.69, 9.17) is 16.3 Å². The zero-order valence-corrected chi connectivity index (χ0v) is 17.0. The average molecular weight is 388 g/mol. The molecule has 0 aromatic heterocycles. The second kappa shape index (κ2) is 9.05. The van der Waals surface area contributed by atoms with Gasteiger partial charge in [-0.3, -0.25) is 9.59 Å². The van der Waals surface area contributed by atoms with Gasteiger partial charge in [0.05, 0.1) is 19.1 Å². The van der Waals surface area contributed by atoms with E-state index in [0.29, 0.717) is 16.1 Å². The molecule has 0 aliphatic heterocycles. The van der Waals surface area contributed by atoms with Crippen LogP contribution in [0.1, 0.15) is 61.6 Å². The number of rotatable bonds is 6. The number of esters is 1. The van der Waals surface area contributed by atoms with Crippen molar-refractivity contribution in [2.24, 2.45) is 0 Å². The summed E-state index contributed by atoms with van der Waals surface area (Å²) in [6, 6.07) is 14.1. The molecule has 0 aliphatic carbocycles. The summed E-state index contributed by atoms with van der Waals surface area (Å²) in [5.74, 6) is -0.643. The molecule has 5 heteroatoms. The van der Waals surface area contributed by atoms with Crippen LogP contribution in [0, 0.1) is 0 Å². The molecule has 2 aromatic rings. The van der Waals surface area contributed by atoms with Gasteiger partial charge in [-0.15, -0.1) is 0 Å². The lowest BCUT2D eigenvalue weighted by molar-refractivity contribution is -0.143. The maximum absolute atomic E-state index is 12.7. The molecular weight excluding hydrogens is 362 g/mol. The number of ether oxygens (including phenoxy) is 1. The van der Waals surface area contributed by atoms with Crippen molar-refractivity contribution in [3.8, 4) is 0 Å². The van der Waals surface area contributed by atoms with Gasteiger partial charge in [-0.05, 0) is 41.7 Å². The Labute approximate surface area is 165 Å². The molecule has 4 nitrogen and oxygen atoms in total. The van der Waals surface area contributed by atoms with Crippen LogP contribution in [0.4, 0.5) is 0 Å². The fourth-order valence-corrected chi connectivity index (χ4v) is 3.01. The van der Waals surface area contributed by atoms with Crippen LogP contribution < -0.4 is 5.32 Å². The minimum Gasteiger partial charge on any atom is -0.466 e. The van der Waals surface area contributed by atoms with Crippen LogP contribution >= 0.6 is 11.6 Å². The van der Waals surface area contributed by atoms with E-state index in [0.717, 1.165) is 5.56 Å². The second-order valence-electron chi connectivity index (χ2n) is 7.38. The van der Waals surface area contributed by atoms with Gasteiger partial charge >= 0.3 is 5.97 Å².